The van der Waals surface area contributed by atoms with Crippen LogP contribution in [0.5, 0.6) is 0 Å². The summed E-state index contributed by atoms with van der Waals surface area (Å²) < 4.78 is 19.4. The Hall–Kier alpha value is -2.50. The SMILES string of the molecule is Cc1nc2cccc(F)c2cc1C(CCC(N)=O)C(=O)OCC(C)C. The minimum atomic E-state index is -0.706. The van der Waals surface area contributed by atoms with E-state index in [4.69, 9.17) is 10.5 Å². The van der Waals surface area contributed by atoms with Crippen molar-refractivity contribution in [3.8, 4) is 0 Å². The number of amides is 1. The molecule has 1 atom stereocenters. The predicted molar refractivity (Wildman–Crippen MR) is 93.4 cm³/mol. The van der Waals surface area contributed by atoms with E-state index in [9.17, 15) is 14.0 Å². The number of rotatable bonds is 7. The van der Waals surface area contributed by atoms with Gasteiger partial charge in [0.25, 0.3) is 0 Å². The molecular formula is C19H23FN2O3. The number of carbonyl (C=O) groups is 2. The zero-order chi connectivity index (χ0) is 18.6. The lowest BCUT2D eigenvalue weighted by Crippen LogP contribution is -2.22. The Morgan fingerprint density at radius 3 is 2.68 bits per heavy atom. The normalized spacial score (nSPS) is 12.4. The highest BCUT2D eigenvalue weighted by molar-refractivity contribution is 5.85. The van der Waals surface area contributed by atoms with Gasteiger partial charge >= 0.3 is 5.97 Å². The van der Waals surface area contributed by atoms with Crippen LogP contribution in [0.3, 0.4) is 0 Å². The Balaban J connectivity index is 2.42. The fourth-order valence-electron chi connectivity index (χ4n) is 2.66. The van der Waals surface area contributed by atoms with E-state index in [1.807, 2.05) is 13.8 Å². The van der Waals surface area contributed by atoms with Gasteiger partial charge in [0.2, 0.25) is 5.91 Å². The molecule has 0 saturated carbocycles. The molecule has 1 unspecified atom stereocenters. The van der Waals surface area contributed by atoms with Crippen molar-refractivity contribution in [3.05, 3.63) is 41.3 Å². The summed E-state index contributed by atoms with van der Waals surface area (Å²) in [6.07, 6.45) is 0.241. The summed E-state index contributed by atoms with van der Waals surface area (Å²) in [5.41, 5.74) is 6.91. The average Bonchev–Trinajstić information content (AvgIpc) is 2.53. The first-order chi connectivity index (χ1) is 11.8. The number of aromatic nitrogens is 1. The first-order valence-electron chi connectivity index (χ1n) is 8.30. The molecule has 0 aliphatic heterocycles. The van der Waals surface area contributed by atoms with Crippen LogP contribution in [0, 0.1) is 18.7 Å². The van der Waals surface area contributed by atoms with Crippen LogP contribution in [0.15, 0.2) is 24.3 Å². The van der Waals surface area contributed by atoms with Crippen molar-refractivity contribution in [2.24, 2.45) is 11.7 Å². The summed E-state index contributed by atoms with van der Waals surface area (Å²) in [4.78, 5) is 28.1. The van der Waals surface area contributed by atoms with Crippen LogP contribution in [0.1, 0.15) is 43.9 Å². The van der Waals surface area contributed by atoms with Crippen molar-refractivity contribution >= 4 is 22.8 Å². The summed E-state index contributed by atoms with van der Waals surface area (Å²) in [6, 6.07) is 6.27. The topological polar surface area (TPSA) is 82.3 Å². The van der Waals surface area contributed by atoms with E-state index in [-0.39, 0.29) is 25.4 Å². The number of hydrogen-bond acceptors (Lipinski definition) is 4. The van der Waals surface area contributed by atoms with Gasteiger partial charge in [-0.3, -0.25) is 14.6 Å². The molecule has 0 radical (unpaired) electrons. The van der Waals surface area contributed by atoms with Crippen molar-refractivity contribution < 1.29 is 18.7 Å². The number of ether oxygens (including phenoxy) is 1. The van der Waals surface area contributed by atoms with Crippen LogP contribution < -0.4 is 5.73 Å². The van der Waals surface area contributed by atoms with Crippen LogP contribution in [-0.2, 0) is 14.3 Å². The van der Waals surface area contributed by atoms with Gasteiger partial charge in [0, 0.05) is 17.5 Å². The standard InChI is InChI=1S/C19H23FN2O3/c1-11(2)10-25-19(24)13(7-8-18(21)23)14-9-15-16(20)5-4-6-17(15)22-12(14)3/h4-6,9,11,13H,7-8,10H2,1-3H3,(H2,21,23). The van der Waals surface area contributed by atoms with Gasteiger partial charge in [-0.15, -0.1) is 0 Å². The van der Waals surface area contributed by atoms with E-state index in [0.717, 1.165) is 0 Å². The van der Waals surface area contributed by atoms with Gasteiger partial charge in [-0.25, -0.2) is 4.39 Å². The highest BCUT2D eigenvalue weighted by atomic mass is 19.1. The monoisotopic (exact) mass is 346 g/mol. The molecule has 2 aromatic rings. The number of carbonyl (C=O) groups excluding carboxylic acids is 2. The number of hydrogen-bond donors (Lipinski definition) is 1. The third-order valence-electron chi connectivity index (χ3n) is 3.93. The second-order valence-corrected chi connectivity index (χ2v) is 6.55. The molecule has 1 aromatic carbocycles. The van der Waals surface area contributed by atoms with Gasteiger partial charge in [-0.1, -0.05) is 19.9 Å². The van der Waals surface area contributed by atoms with E-state index in [1.54, 1.807) is 25.1 Å². The van der Waals surface area contributed by atoms with E-state index in [2.05, 4.69) is 4.98 Å². The molecule has 0 fully saturated rings. The molecule has 6 heteroatoms. The highest BCUT2D eigenvalue weighted by Crippen LogP contribution is 2.29. The summed E-state index contributed by atoms with van der Waals surface area (Å²) in [6.45, 7) is 5.90. The van der Waals surface area contributed by atoms with E-state index < -0.39 is 23.6 Å². The van der Waals surface area contributed by atoms with Crippen LogP contribution in [0.4, 0.5) is 4.39 Å². The molecule has 1 heterocycles. The number of fused-ring (bicyclic) bond motifs is 1. The number of nitrogens with zero attached hydrogens (tertiary/aromatic N) is 1. The number of primary amides is 1. The van der Waals surface area contributed by atoms with Gasteiger partial charge in [-0.2, -0.15) is 0 Å². The van der Waals surface area contributed by atoms with Crippen molar-refractivity contribution in [1.29, 1.82) is 0 Å². The molecule has 0 aliphatic rings. The maximum Gasteiger partial charge on any atom is 0.313 e. The van der Waals surface area contributed by atoms with Gasteiger partial charge < -0.3 is 10.5 Å². The zero-order valence-corrected chi connectivity index (χ0v) is 14.7. The number of esters is 1. The molecule has 0 spiro atoms. The maximum absolute atomic E-state index is 14.1. The second kappa shape index (κ2) is 8.05. The molecule has 0 aliphatic carbocycles. The third kappa shape index (κ3) is 4.75. The molecule has 1 amide bonds. The van der Waals surface area contributed by atoms with Crippen molar-refractivity contribution in [1.82, 2.24) is 4.98 Å². The van der Waals surface area contributed by atoms with Crippen molar-refractivity contribution in [2.45, 2.75) is 39.5 Å². The van der Waals surface area contributed by atoms with Crippen molar-refractivity contribution in [3.63, 3.8) is 0 Å². The van der Waals surface area contributed by atoms with Crippen LogP contribution in [-0.4, -0.2) is 23.5 Å². The van der Waals surface area contributed by atoms with Gasteiger partial charge in [0.15, 0.2) is 0 Å². The number of benzene rings is 1. The smallest absolute Gasteiger partial charge is 0.313 e. The maximum atomic E-state index is 14.1. The number of aryl methyl sites for hydroxylation is 1. The van der Waals surface area contributed by atoms with E-state index in [1.165, 1.54) is 6.07 Å². The first-order valence-corrected chi connectivity index (χ1v) is 8.30. The number of pyridine rings is 1. The predicted octanol–water partition coefficient (Wildman–Crippen LogP) is 3.23. The van der Waals surface area contributed by atoms with Crippen LogP contribution in [0.25, 0.3) is 10.9 Å². The summed E-state index contributed by atoms with van der Waals surface area (Å²) in [5, 5.41) is 0.337. The molecule has 0 saturated heterocycles. The molecule has 2 N–H and O–H groups in total. The molecule has 134 valence electrons. The van der Waals surface area contributed by atoms with Crippen molar-refractivity contribution in [2.75, 3.05) is 6.61 Å². The molecule has 1 aromatic heterocycles. The average molecular weight is 346 g/mol. The second-order valence-electron chi connectivity index (χ2n) is 6.55. The van der Waals surface area contributed by atoms with Crippen LogP contribution in [0.2, 0.25) is 0 Å². The lowest BCUT2D eigenvalue weighted by atomic mass is 9.91. The van der Waals surface area contributed by atoms with E-state index >= 15 is 0 Å². The van der Waals surface area contributed by atoms with Gasteiger partial charge in [0.1, 0.15) is 5.82 Å². The zero-order valence-electron chi connectivity index (χ0n) is 14.7. The fourth-order valence-corrected chi connectivity index (χ4v) is 2.66. The Labute approximate surface area is 146 Å². The fraction of sp³-hybridized carbons (Fsp3) is 0.421. The number of halogens is 1. The Morgan fingerprint density at radius 2 is 2.04 bits per heavy atom. The lowest BCUT2D eigenvalue weighted by Gasteiger charge is -2.19. The summed E-state index contributed by atoms with van der Waals surface area (Å²) >= 11 is 0. The molecule has 0 bridgehead atoms. The third-order valence-corrected chi connectivity index (χ3v) is 3.93. The first kappa shape index (κ1) is 18.8. The van der Waals surface area contributed by atoms with Gasteiger partial charge in [0.05, 0.1) is 18.0 Å². The highest BCUT2D eigenvalue weighted by Gasteiger charge is 2.26. The minimum absolute atomic E-state index is 0.0379. The largest absolute Gasteiger partial charge is 0.465 e. The molecule has 2 rings (SSSR count). The molecule has 5 nitrogen and oxygen atoms in total. The summed E-state index contributed by atoms with van der Waals surface area (Å²) in [5.74, 6) is -1.87. The Bertz CT molecular complexity index is 790. The summed E-state index contributed by atoms with van der Waals surface area (Å²) in [7, 11) is 0. The Morgan fingerprint density at radius 1 is 1.32 bits per heavy atom. The van der Waals surface area contributed by atoms with Gasteiger partial charge in [-0.05, 0) is 43.0 Å². The van der Waals surface area contributed by atoms with Crippen LogP contribution >= 0.6 is 0 Å². The molecule has 25 heavy (non-hydrogen) atoms. The molecular weight excluding hydrogens is 323 g/mol. The van der Waals surface area contributed by atoms with E-state index in [0.29, 0.717) is 22.2 Å². The quantitative estimate of drug-likeness (QED) is 0.780. The minimum Gasteiger partial charge on any atom is -0.465 e. The number of nitrogens with two attached hydrogens (primary N) is 1. The lowest BCUT2D eigenvalue weighted by molar-refractivity contribution is -0.146. The Kier molecular flexibility index (Phi) is 6.07.